The summed E-state index contributed by atoms with van der Waals surface area (Å²) in [7, 11) is 0. The average Bonchev–Trinajstić information content (AvgIpc) is 3.28. The molecule has 0 saturated heterocycles. The first kappa shape index (κ1) is 19.1. The summed E-state index contributed by atoms with van der Waals surface area (Å²) in [4.78, 5) is 25.8. The molecule has 0 bridgehead atoms. The minimum absolute atomic E-state index is 0.0590. The van der Waals surface area contributed by atoms with Gasteiger partial charge in [-0.2, -0.15) is 0 Å². The van der Waals surface area contributed by atoms with Crippen molar-refractivity contribution in [1.82, 2.24) is 20.1 Å². The molecular weight excluding hydrogens is 424 g/mol. The van der Waals surface area contributed by atoms with Gasteiger partial charge in [-0.25, -0.2) is 0 Å². The van der Waals surface area contributed by atoms with Crippen LogP contribution in [-0.2, 0) is 9.59 Å². The van der Waals surface area contributed by atoms with Crippen molar-refractivity contribution in [3.05, 3.63) is 41.8 Å². The molecule has 5 rings (SSSR count). The lowest BCUT2D eigenvalue weighted by Gasteiger charge is -2.25. The lowest BCUT2D eigenvalue weighted by molar-refractivity contribution is -0.135. The molecule has 2 amide bonds. The fourth-order valence-corrected chi connectivity index (χ4v) is 4.65. The first-order chi connectivity index (χ1) is 14.7. The summed E-state index contributed by atoms with van der Waals surface area (Å²) in [6.07, 6.45) is 1.29. The smallest absolute Gasteiger partial charge is 0.271 e. The molecule has 1 aliphatic carbocycles. The second-order valence-corrected chi connectivity index (χ2v) is 8.84. The first-order valence-corrected chi connectivity index (χ1v) is 11.4. The third-order valence-corrected chi connectivity index (χ3v) is 6.52. The van der Waals surface area contributed by atoms with Crippen LogP contribution >= 0.6 is 23.1 Å². The van der Waals surface area contributed by atoms with Gasteiger partial charge in [-0.1, -0.05) is 30.0 Å². The fraction of sp³-hybridized carbons (Fsp3) is 0.300. The Morgan fingerprint density at radius 2 is 2.00 bits per heavy atom. The molecule has 1 aromatic carbocycles. The van der Waals surface area contributed by atoms with Crippen molar-refractivity contribution in [2.24, 2.45) is 0 Å². The van der Waals surface area contributed by atoms with E-state index in [2.05, 4.69) is 20.1 Å². The average molecular weight is 443 g/mol. The van der Waals surface area contributed by atoms with Crippen molar-refractivity contribution in [3.63, 3.8) is 0 Å². The normalized spacial score (nSPS) is 17.5. The van der Waals surface area contributed by atoms with Gasteiger partial charge in [0.05, 0.1) is 10.6 Å². The van der Waals surface area contributed by atoms with Crippen LogP contribution in [0, 0.1) is 0 Å². The number of fused-ring (bicyclic) bond motifs is 1. The Labute approximate surface area is 180 Å². The zero-order chi connectivity index (χ0) is 20.5. The number of hydrogen-bond acceptors (Lipinski definition) is 8. The maximum atomic E-state index is 12.4. The van der Waals surface area contributed by atoms with Crippen molar-refractivity contribution in [2.75, 3.05) is 12.4 Å². The molecule has 1 atom stereocenters. The zero-order valence-corrected chi connectivity index (χ0v) is 17.4. The maximum absolute atomic E-state index is 12.4. The molecule has 154 valence electrons. The SMILES string of the molecule is O=C(CSc1nnc(-c2cccs2)n1C1CC1)NC(=O)C1COc2ccccc2O1. The van der Waals surface area contributed by atoms with E-state index in [1.807, 2.05) is 23.6 Å². The van der Waals surface area contributed by atoms with Gasteiger partial charge in [0.15, 0.2) is 22.5 Å². The summed E-state index contributed by atoms with van der Waals surface area (Å²) in [5.74, 6) is 1.05. The molecule has 2 aromatic heterocycles. The molecule has 0 radical (unpaired) electrons. The highest BCUT2D eigenvalue weighted by atomic mass is 32.2. The van der Waals surface area contributed by atoms with E-state index in [0.29, 0.717) is 22.7 Å². The van der Waals surface area contributed by atoms with Crippen LogP contribution < -0.4 is 14.8 Å². The molecule has 1 fully saturated rings. The topological polar surface area (TPSA) is 95.3 Å². The highest BCUT2D eigenvalue weighted by molar-refractivity contribution is 7.99. The predicted octanol–water partition coefficient (Wildman–Crippen LogP) is 2.92. The number of aromatic nitrogens is 3. The van der Waals surface area contributed by atoms with Crippen molar-refractivity contribution < 1.29 is 19.1 Å². The van der Waals surface area contributed by atoms with Crippen molar-refractivity contribution in [3.8, 4) is 22.2 Å². The Balaban J connectivity index is 1.20. The number of carbonyl (C=O) groups excluding carboxylic acids is 2. The van der Waals surface area contributed by atoms with Gasteiger partial charge in [0, 0.05) is 6.04 Å². The minimum atomic E-state index is -0.866. The van der Waals surface area contributed by atoms with E-state index in [1.54, 1.807) is 29.5 Å². The van der Waals surface area contributed by atoms with E-state index in [4.69, 9.17) is 9.47 Å². The summed E-state index contributed by atoms with van der Waals surface area (Å²) < 4.78 is 13.3. The largest absolute Gasteiger partial charge is 0.485 e. The summed E-state index contributed by atoms with van der Waals surface area (Å²) in [6, 6.07) is 11.5. The molecule has 30 heavy (non-hydrogen) atoms. The number of thiophene rings is 1. The van der Waals surface area contributed by atoms with E-state index in [0.717, 1.165) is 23.5 Å². The van der Waals surface area contributed by atoms with Gasteiger partial charge in [-0.15, -0.1) is 21.5 Å². The molecular formula is C20H18N4O4S2. The molecule has 1 unspecified atom stereocenters. The summed E-state index contributed by atoms with van der Waals surface area (Å²) in [5, 5.41) is 13.7. The zero-order valence-electron chi connectivity index (χ0n) is 15.8. The third-order valence-electron chi connectivity index (χ3n) is 4.71. The number of para-hydroxylation sites is 2. The molecule has 0 spiro atoms. The molecule has 2 aliphatic rings. The number of ether oxygens (including phenoxy) is 2. The number of imide groups is 1. The van der Waals surface area contributed by atoms with Crippen molar-refractivity contribution >= 4 is 34.9 Å². The van der Waals surface area contributed by atoms with Crippen LogP contribution in [-0.4, -0.2) is 45.0 Å². The number of benzene rings is 1. The third kappa shape index (κ3) is 3.92. The summed E-state index contributed by atoms with van der Waals surface area (Å²) in [6.45, 7) is 0.0590. The molecule has 10 heteroatoms. The van der Waals surface area contributed by atoms with Crippen LogP contribution in [0.1, 0.15) is 18.9 Å². The van der Waals surface area contributed by atoms with Gasteiger partial charge in [0.2, 0.25) is 12.0 Å². The van der Waals surface area contributed by atoms with Gasteiger partial charge in [0.1, 0.15) is 6.61 Å². The fourth-order valence-electron chi connectivity index (χ4n) is 3.14. The van der Waals surface area contributed by atoms with E-state index in [9.17, 15) is 9.59 Å². The molecule has 8 nitrogen and oxygen atoms in total. The van der Waals surface area contributed by atoms with Crippen LogP contribution in [0.4, 0.5) is 0 Å². The number of thioether (sulfide) groups is 1. The summed E-state index contributed by atoms with van der Waals surface area (Å²) in [5.41, 5.74) is 0. The van der Waals surface area contributed by atoms with Crippen LogP contribution in [0.15, 0.2) is 46.9 Å². The Morgan fingerprint density at radius 1 is 1.17 bits per heavy atom. The van der Waals surface area contributed by atoms with Crippen molar-refractivity contribution in [1.29, 1.82) is 0 Å². The number of nitrogens with one attached hydrogen (secondary N) is 1. The second kappa shape index (κ2) is 8.11. The molecule has 1 saturated carbocycles. The van der Waals surface area contributed by atoms with Crippen LogP contribution in [0.5, 0.6) is 11.5 Å². The second-order valence-electron chi connectivity index (χ2n) is 6.95. The number of carbonyl (C=O) groups is 2. The number of rotatable bonds is 6. The van der Waals surface area contributed by atoms with Gasteiger partial charge < -0.3 is 9.47 Å². The van der Waals surface area contributed by atoms with Crippen LogP contribution in [0.3, 0.4) is 0 Å². The number of amides is 2. The maximum Gasteiger partial charge on any atom is 0.271 e. The van der Waals surface area contributed by atoms with E-state index >= 15 is 0 Å². The van der Waals surface area contributed by atoms with E-state index < -0.39 is 17.9 Å². The standard InChI is InChI=1S/C20H18N4O4S2/c25-17(21-19(26)15-10-27-13-4-1-2-5-14(13)28-15)11-30-20-23-22-18(16-6-3-9-29-16)24(20)12-7-8-12/h1-6,9,12,15H,7-8,10-11H2,(H,21,25,26). The van der Waals surface area contributed by atoms with Crippen LogP contribution in [0.2, 0.25) is 0 Å². The van der Waals surface area contributed by atoms with E-state index in [1.165, 1.54) is 11.8 Å². The highest BCUT2D eigenvalue weighted by Crippen LogP contribution is 2.41. The quantitative estimate of drug-likeness (QED) is 0.587. The van der Waals surface area contributed by atoms with Gasteiger partial charge >= 0.3 is 0 Å². The molecule has 3 aromatic rings. The Kier molecular flexibility index (Phi) is 5.17. The van der Waals surface area contributed by atoms with Gasteiger partial charge in [0.25, 0.3) is 5.91 Å². The number of nitrogens with zero attached hydrogens (tertiary/aromatic N) is 3. The van der Waals surface area contributed by atoms with Crippen molar-refractivity contribution in [2.45, 2.75) is 30.1 Å². The monoisotopic (exact) mass is 442 g/mol. The number of hydrogen-bond donors (Lipinski definition) is 1. The van der Waals surface area contributed by atoms with Gasteiger partial charge in [-0.05, 0) is 36.4 Å². The highest BCUT2D eigenvalue weighted by Gasteiger charge is 2.31. The molecule has 3 heterocycles. The lowest BCUT2D eigenvalue weighted by Crippen LogP contribution is -2.46. The summed E-state index contributed by atoms with van der Waals surface area (Å²) >= 11 is 2.89. The first-order valence-electron chi connectivity index (χ1n) is 9.53. The Morgan fingerprint density at radius 3 is 2.77 bits per heavy atom. The Bertz CT molecular complexity index is 1080. The molecule has 1 aliphatic heterocycles. The van der Waals surface area contributed by atoms with Crippen LogP contribution in [0.25, 0.3) is 10.7 Å². The predicted molar refractivity (Wildman–Crippen MR) is 112 cm³/mol. The lowest BCUT2D eigenvalue weighted by atomic mass is 10.2. The van der Waals surface area contributed by atoms with E-state index in [-0.39, 0.29) is 12.4 Å². The minimum Gasteiger partial charge on any atom is -0.485 e. The van der Waals surface area contributed by atoms with Gasteiger partial charge in [-0.3, -0.25) is 19.5 Å². The molecule has 1 N–H and O–H groups in total. The Hall–Kier alpha value is -2.85.